The van der Waals surface area contributed by atoms with Crippen LogP contribution in [-0.2, 0) is 23.9 Å². The number of ketones is 1. The summed E-state index contributed by atoms with van der Waals surface area (Å²) in [5, 5.41) is 11.7. The highest BCUT2D eigenvalue weighted by Crippen LogP contribution is 2.43. The van der Waals surface area contributed by atoms with Gasteiger partial charge in [0.05, 0.1) is 11.8 Å². The second-order valence-corrected chi connectivity index (χ2v) is 12.8. The van der Waals surface area contributed by atoms with Crippen molar-refractivity contribution in [2.45, 2.75) is 30.9 Å². The number of carbonyl (C=O) groups is 4. The van der Waals surface area contributed by atoms with Crippen LogP contribution in [0.1, 0.15) is 33.7 Å². The smallest absolute Gasteiger partial charge is 0.356 e. The number of allylic oxidation sites excluding steroid dienone is 1. The van der Waals surface area contributed by atoms with Gasteiger partial charge in [0, 0.05) is 10.7 Å². The number of benzene rings is 2. The lowest BCUT2D eigenvalue weighted by atomic mass is 10.0. The second kappa shape index (κ2) is 13.4. The molecule has 2 aliphatic heterocycles. The number of alkyl halides is 1. The predicted molar refractivity (Wildman–Crippen MR) is 168 cm³/mol. The third kappa shape index (κ3) is 6.54. The molecule has 1 N–H and O–H groups in total. The molecule has 1 fully saturated rings. The largest absolute Gasteiger partial charge is 0.448 e. The van der Waals surface area contributed by atoms with Crippen molar-refractivity contribution in [3.05, 3.63) is 99.2 Å². The number of Topliss-reactive ketones (excluding diaryl/α,β-unsaturated/α-hetero) is 1. The summed E-state index contributed by atoms with van der Waals surface area (Å²) in [6.07, 6.45) is 0.635. The average molecular weight is 686 g/mol. The lowest BCUT2D eigenvalue weighted by Crippen LogP contribution is -2.70. The van der Waals surface area contributed by atoms with Gasteiger partial charge in [-0.1, -0.05) is 87.9 Å². The molecule has 0 saturated carbocycles. The zero-order valence-corrected chi connectivity index (χ0v) is 26.3. The van der Waals surface area contributed by atoms with Crippen LogP contribution in [0.2, 0.25) is 0 Å². The Hall–Kier alpha value is -3.26. The van der Waals surface area contributed by atoms with Gasteiger partial charge < -0.3 is 10.1 Å². The fraction of sp³-hybridized carbons (Fsp3) is 0.241. The molecule has 2 unspecified atom stereocenters. The van der Waals surface area contributed by atoms with Gasteiger partial charge in [0.2, 0.25) is 5.91 Å². The SMILES string of the molecule is Cc1nnc(C(S)=CC2=C(C(=O)OC(c3ccccc3)c3ccccc3)N3C(=O)C(NC(=O)CC(=O)CBr)C3SC2)s1. The minimum Gasteiger partial charge on any atom is -0.448 e. The van der Waals surface area contributed by atoms with Gasteiger partial charge in [-0.05, 0) is 29.7 Å². The van der Waals surface area contributed by atoms with E-state index in [0.29, 0.717) is 21.2 Å². The number of rotatable bonds is 10. The molecule has 1 saturated heterocycles. The van der Waals surface area contributed by atoms with Crippen LogP contribution in [0.4, 0.5) is 0 Å². The highest BCUT2D eigenvalue weighted by molar-refractivity contribution is 9.09. The molecule has 0 aliphatic carbocycles. The van der Waals surface area contributed by atoms with Crippen LogP contribution in [0.25, 0.3) is 4.91 Å². The van der Waals surface area contributed by atoms with E-state index in [9.17, 15) is 19.2 Å². The summed E-state index contributed by atoms with van der Waals surface area (Å²) < 4.78 is 6.15. The predicted octanol–water partition coefficient (Wildman–Crippen LogP) is 4.46. The standard InChI is InChI=1S/C29H25BrN4O5S3/c1-16-32-33-26(42-16)21(40)12-19-15-41-28-23(31-22(36)13-20(35)14-30)27(37)34(28)24(19)29(38)39-25(17-8-4-2-5-9-17)18-10-6-3-7-11-18/h2-12,23,25,28,40H,13-15H2,1H3,(H,31,36). The number of nitrogens with zero attached hydrogens (tertiary/aromatic N) is 3. The van der Waals surface area contributed by atoms with Gasteiger partial charge >= 0.3 is 5.97 Å². The number of fused-ring (bicyclic) bond motifs is 1. The van der Waals surface area contributed by atoms with Crippen LogP contribution in [0.3, 0.4) is 0 Å². The Balaban J connectivity index is 1.49. The van der Waals surface area contributed by atoms with E-state index in [1.54, 1.807) is 6.08 Å². The number of nitrogens with one attached hydrogen (secondary N) is 1. The highest BCUT2D eigenvalue weighted by Gasteiger charge is 2.54. The molecule has 0 bridgehead atoms. The maximum atomic E-state index is 14.0. The summed E-state index contributed by atoms with van der Waals surface area (Å²) in [6, 6.07) is 17.8. The van der Waals surface area contributed by atoms with Crippen molar-refractivity contribution in [3.63, 3.8) is 0 Å². The third-order valence-electron chi connectivity index (χ3n) is 6.50. The monoisotopic (exact) mass is 684 g/mol. The van der Waals surface area contributed by atoms with Crippen molar-refractivity contribution in [1.29, 1.82) is 0 Å². The van der Waals surface area contributed by atoms with Crippen LogP contribution in [-0.4, -0.2) is 61.2 Å². The molecule has 42 heavy (non-hydrogen) atoms. The first kappa shape index (κ1) is 30.2. The number of aromatic nitrogens is 2. The molecule has 2 amide bonds. The molecular weight excluding hydrogens is 660 g/mol. The summed E-state index contributed by atoms with van der Waals surface area (Å²) in [5.41, 5.74) is 2.15. The van der Waals surface area contributed by atoms with Crippen molar-refractivity contribution in [2.75, 3.05) is 11.1 Å². The number of thioether (sulfide) groups is 1. The summed E-state index contributed by atoms with van der Waals surface area (Å²) in [7, 11) is 0. The third-order valence-corrected chi connectivity index (χ3v) is 9.79. The molecule has 0 radical (unpaired) electrons. The van der Waals surface area contributed by atoms with Crippen LogP contribution in [0.15, 0.2) is 78.0 Å². The summed E-state index contributed by atoms with van der Waals surface area (Å²) in [4.78, 5) is 53.5. The number of esters is 1. The van der Waals surface area contributed by atoms with Crippen molar-refractivity contribution in [1.82, 2.24) is 20.4 Å². The van der Waals surface area contributed by atoms with E-state index in [1.165, 1.54) is 28.0 Å². The number of ether oxygens (including phenoxy) is 1. The summed E-state index contributed by atoms with van der Waals surface area (Å²) in [5.74, 6) is -1.66. The topological polar surface area (TPSA) is 119 Å². The molecule has 5 rings (SSSR count). The molecule has 2 aliphatic rings. The first-order valence-electron chi connectivity index (χ1n) is 12.8. The van der Waals surface area contributed by atoms with Gasteiger partial charge in [0.15, 0.2) is 16.9 Å². The zero-order chi connectivity index (χ0) is 29.8. The minimum absolute atomic E-state index is 0.0436. The molecule has 9 nitrogen and oxygen atoms in total. The van der Waals surface area contributed by atoms with Gasteiger partial charge in [-0.2, -0.15) is 0 Å². The molecule has 0 spiro atoms. The molecule has 2 aromatic carbocycles. The van der Waals surface area contributed by atoms with E-state index in [-0.39, 0.29) is 23.2 Å². The Morgan fingerprint density at radius 2 is 1.76 bits per heavy atom. The molecule has 216 valence electrons. The number of amides is 2. The highest BCUT2D eigenvalue weighted by atomic mass is 79.9. The Bertz CT molecular complexity index is 1540. The lowest BCUT2D eigenvalue weighted by Gasteiger charge is -2.49. The maximum absolute atomic E-state index is 14.0. The minimum atomic E-state index is -0.876. The Morgan fingerprint density at radius 1 is 1.12 bits per heavy atom. The van der Waals surface area contributed by atoms with Crippen molar-refractivity contribution in [3.8, 4) is 0 Å². The van der Waals surface area contributed by atoms with Crippen molar-refractivity contribution < 1.29 is 23.9 Å². The van der Waals surface area contributed by atoms with Gasteiger partial charge in [0.1, 0.15) is 22.1 Å². The van der Waals surface area contributed by atoms with Crippen LogP contribution < -0.4 is 5.32 Å². The molecule has 1 aromatic heterocycles. The van der Waals surface area contributed by atoms with Crippen LogP contribution >= 0.6 is 51.7 Å². The fourth-order valence-corrected chi connectivity index (χ4v) is 7.02. The lowest BCUT2D eigenvalue weighted by molar-refractivity contribution is -0.154. The van der Waals surface area contributed by atoms with Crippen molar-refractivity contribution >= 4 is 80.1 Å². The first-order valence-corrected chi connectivity index (χ1v) is 16.3. The molecule has 3 heterocycles. The second-order valence-electron chi connectivity index (χ2n) is 9.44. The van der Waals surface area contributed by atoms with Gasteiger partial charge in [-0.25, -0.2) is 4.79 Å². The van der Waals surface area contributed by atoms with Crippen molar-refractivity contribution in [2.24, 2.45) is 0 Å². The Labute approximate surface area is 264 Å². The number of thiol groups is 1. The number of hydrogen-bond acceptors (Lipinski definition) is 10. The Morgan fingerprint density at radius 3 is 2.33 bits per heavy atom. The van der Waals surface area contributed by atoms with Gasteiger partial charge in [-0.15, -0.1) is 34.6 Å². The van der Waals surface area contributed by atoms with Crippen LogP contribution in [0, 0.1) is 6.92 Å². The van der Waals surface area contributed by atoms with Gasteiger partial charge in [-0.3, -0.25) is 19.3 Å². The fourth-order valence-electron chi connectivity index (χ4n) is 4.57. The number of aryl methyl sites for hydroxylation is 1. The number of carbonyl (C=O) groups excluding carboxylic acids is 4. The maximum Gasteiger partial charge on any atom is 0.356 e. The van der Waals surface area contributed by atoms with E-state index in [2.05, 4.69) is 44.1 Å². The van der Waals surface area contributed by atoms with Crippen LogP contribution in [0.5, 0.6) is 0 Å². The van der Waals surface area contributed by atoms with Gasteiger partial charge in [0.25, 0.3) is 5.91 Å². The normalized spacial score (nSPS) is 18.4. The quantitative estimate of drug-likeness (QED) is 0.106. The first-order chi connectivity index (χ1) is 20.3. The molecule has 3 aromatic rings. The van der Waals surface area contributed by atoms with E-state index in [1.807, 2.05) is 67.6 Å². The van der Waals surface area contributed by atoms with E-state index in [0.717, 1.165) is 16.1 Å². The van der Waals surface area contributed by atoms with E-state index < -0.39 is 35.3 Å². The van der Waals surface area contributed by atoms with E-state index >= 15 is 0 Å². The number of halogens is 1. The summed E-state index contributed by atoms with van der Waals surface area (Å²) >= 11 is 10.4. The average Bonchev–Trinajstić information content (AvgIpc) is 3.45. The molecule has 2 atom stereocenters. The molecule has 13 heteroatoms. The summed E-state index contributed by atoms with van der Waals surface area (Å²) in [6.45, 7) is 1.83. The number of β-lactam (4-membered cyclic amide) rings is 1. The zero-order valence-electron chi connectivity index (χ0n) is 22.2. The Kier molecular flexibility index (Phi) is 9.61. The van der Waals surface area contributed by atoms with E-state index in [4.69, 9.17) is 4.74 Å². The molecular formula is C29H25BrN4O5S3. The number of hydrogen-bond donors (Lipinski definition) is 2.